The maximum atomic E-state index is 10.6. The lowest BCUT2D eigenvalue weighted by molar-refractivity contribution is -0.139. The summed E-state index contributed by atoms with van der Waals surface area (Å²) in [5.41, 5.74) is 5.01. The highest BCUT2D eigenvalue weighted by molar-refractivity contribution is 6.05. The highest BCUT2D eigenvalue weighted by Gasteiger charge is 2.10. The third-order valence-electron chi connectivity index (χ3n) is 4.84. The molecule has 0 aliphatic carbocycles. The number of hydrogen-bond acceptors (Lipinski definition) is 3. The van der Waals surface area contributed by atoms with Crippen molar-refractivity contribution >= 4 is 27.9 Å². The molecule has 1 unspecified atom stereocenters. The topological polar surface area (TPSA) is 70.7 Å². The molecule has 0 radical (unpaired) electrons. The number of fused-ring (bicyclic) bond motifs is 3. The summed E-state index contributed by atoms with van der Waals surface area (Å²) in [5, 5.41) is 20.6. The van der Waals surface area contributed by atoms with Gasteiger partial charge in [-0.05, 0) is 47.7 Å². The highest BCUT2D eigenvalue weighted by atomic mass is 16.4. The molecule has 0 saturated heterocycles. The van der Waals surface area contributed by atoms with E-state index in [0.29, 0.717) is 12.8 Å². The van der Waals surface area contributed by atoms with Gasteiger partial charge in [-0.3, -0.25) is 4.79 Å². The largest absolute Gasteiger partial charge is 0.481 e. The molecule has 136 valence electrons. The fraction of sp³-hybridized carbons (Fsp3) is 0.174. The van der Waals surface area contributed by atoms with E-state index in [1.54, 1.807) is 0 Å². The Morgan fingerprint density at radius 3 is 2.37 bits per heavy atom. The van der Waals surface area contributed by atoms with Crippen LogP contribution in [0.4, 0.5) is 0 Å². The molecule has 0 fully saturated rings. The number of aliphatic carboxylic acids is 1. The van der Waals surface area contributed by atoms with Gasteiger partial charge in [-0.15, -0.1) is 0 Å². The molecule has 0 saturated carbocycles. The predicted molar refractivity (Wildman–Crippen MR) is 106 cm³/mol. The maximum absolute atomic E-state index is 10.6. The third-order valence-corrected chi connectivity index (χ3v) is 4.84. The van der Waals surface area contributed by atoms with E-state index in [1.807, 2.05) is 42.5 Å². The number of para-hydroxylation sites is 1. The Hall–Kier alpha value is -3.11. The Bertz CT molecular complexity index is 1090. The fourth-order valence-corrected chi connectivity index (χ4v) is 3.41. The molecule has 1 heterocycles. The number of benzene rings is 3. The molecule has 0 aliphatic rings. The lowest BCUT2D eigenvalue weighted by Gasteiger charge is -2.08. The highest BCUT2D eigenvalue weighted by Crippen LogP contribution is 2.32. The van der Waals surface area contributed by atoms with Crippen LogP contribution in [0, 0.1) is 0 Å². The van der Waals surface area contributed by atoms with Gasteiger partial charge in [0, 0.05) is 10.8 Å². The Morgan fingerprint density at radius 2 is 1.59 bits per heavy atom. The molecular formula is C23H20O4. The summed E-state index contributed by atoms with van der Waals surface area (Å²) in [5.74, 6) is -0.973. The van der Waals surface area contributed by atoms with Gasteiger partial charge in [0.15, 0.2) is 0 Å². The summed E-state index contributed by atoms with van der Waals surface area (Å²) < 4.78 is 5.96. The summed E-state index contributed by atoms with van der Waals surface area (Å²) in [4.78, 5) is 10.6. The van der Waals surface area contributed by atoms with E-state index >= 15 is 0 Å². The van der Waals surface area contributed by atoms with Gasteiger partial charge in [0.25, 0.3) is 0 Å². The standard InChI is InChI=1S/C23H20O4/c24-18(14-23(25)26)11-7-15-5-8-16(9-6-15)17-10-12-20-19-3-1-2-4-21(19)27-22(20)13-17/h1-6,8-10,12-13,18,24H,7,11,14H2,(H,25,26). The molecular weight excluding hydrogens is 340 g/mol. The van der Waals surface area contributed by atoms with Crippen LogP contribution in [-0.2, 0) is 11.2 Å². The van der Waals surface area contributed by atoms with Gasteiger partial charge in [0.2, 0.25) is 0 Å². The van der Waals surface area contributed by atoms with Crippen molar-refractivity contribution in [3.63, 3.8) is 0 Å². The first-order valence-corrected chi connectivity index (χ1v) is 9.00. The lowest BCUT2D eigenvalue weighted by atomic mass is 9.99. The zero-order valence-corrected chi connectivity index (χ0v) is 14.8. The molecule has 0 aliphatic heterocycles. The predicted octanol–water partition coefficient (Wildman–Crippen LogP) is 5.02. The average molecular weight is 360 g/mol. The number of carboxylic acids is 1. The van der Waals surface area contributed by atoms with Crippen molar-refractivity contribution in [1.29, 1.82) is 0 Å². The molecule has 0 amide bonds. The van der Waals surface area contributed by atoms with E-state index in [4.69, 9.17) is 9.52 Å². The van der Waals surface area contributed by atoms with Crippen molar-refractivity contribution in [1.82, 2.24) is 0 Å². The van der Waals surface area contributed by atoms with E-state index in [1.165, 1.54) is 0 Å². The van der Waals surface area contributed by atoms with Crippen molar-refractivity contribution in [2.24, 2.45) is 0 Å². The van der Waals surface area contributed by atoms with E-state index in [-0.39, 0.29) is 6.42 Å². The summed E-state index contributed by atoms with van der Waals surface area (Å²) in [6.45, 7) is 0. The second-order valence-electron chi connectivity index (χ2n) is 6.80. The van der Waals surface area contributed by atoms with Crippen molar-refractivity contribution in [2.75, 3.05) is 0 Å². The minimum absolute atomic E-state index is 0.213. The van der Waals surface area contributed by atoms with Crippen LogP contribution < -0.4 is 0 Å². The van der Waals surface area contributed by atoms with E-state index in [2.05, 4.69) is 24.3 Å². The number of carbonyl (C=O) groups is 1. The zero-order valence-electron chi connectivity index (χ0n) is 14.8. The van der Waals surface area contributed by atoms with Crippen LogP contribution in [0.1, 0.15) is 18.4 Å². The van der Waals surface area contributed by atoms with Crippen molar-refractivity contribution in [2.45, 2.75) is 25.4 Å². The molecule has 4 rings (SSSR count). The van der Waals surface area contributed by atoms with Gasteiger partial charge >= 0.3 is 5.97 Å². The molecule has 0 spiro atoms. The minimum atomic E-state index is -0.973. The third kappa shape index (κ3) is 3.71. The Kier molecular flexibility index (Phi) is 4.65. The number of furan rings is 1. The number of aliphatic hydroxyl groups excluding tert-OH is 1. The summed E-state index contributed by atoms with van der Waals surface area (Å²) in [6.07, 6.45) is 0.0708. The van der Waals surface area contributed by atoms with Gasteiger partial charge in [-0.25, -0.2) is 0 Å². The number of hydrogen-bond donors (Lipinski definition) is 2. The molecule has 27 heavy (non-hydrogen) atoms. The van der Waals surface area contributed by atoms with Crippen LogP contribution in [0.5, 0.6) is 0 Å². The minimum Gasteiger partial charge on any atom is -0.481 e. The smallest absolute Gasteiger partial charge is 0.305 e. The van der Waals surface area contributed by atoms with Gasteiger partial charge in [0.1, 0.15) is 11.2 Å². The fourth-order valence-electron chi connectivity index (χ4n) is 3.41. The number of aryl methyl sites for hydroxylation is 1. The molecule has 1 aromatic heterocycles. The average Bonchev–Trinajstić information content (AvgIpc) is 3.04. The zero-order chi connectivity index (χ0) is 18.8. The van der Waals surface area contributed by atoms with Gasteiger partial charge in [0.05, 0.1) is 12.5 Å². The van der Waals surface area contributed by atoms with Crippen molar-refractivity contribution in [3.8, 4) is 11.1 Å². The van der Waals surface area contributed by atoms with Crippen molar-refractivity contribution < 1.29 is 19.4 Å². The second-order valence-corrected chi connectivity index (χ2v) is 6.80. The lowest BCUT2D eigenvalue weighted by Crippen LogP contribution is -2.13. The van der Waals surface area contributed by atoms with Gasteiger partial charge in [-0.1, -0.05) is 48.5 Å². The first-order chi connectivity index (χ1) is 13.1. The molecule has 4 heteroatoms. The van der Waals surface area contributed by atoms with Crippen LogP contribution in [0.3, 0.4) is 0 Å². The first kappa shape index (κ1) is 17.3. The van der Waals surface area contributed by atoms with Crippen LogP contribution in [0.15, 0.2) is 71.1 Å². The maximum Gasteiger partial charge on any atom is 0.305 e. The Labute approximate surface area is 156 Å². The number of rotatable bonds is 6. The van der Waals surface area contributed by atoms with Crippen LogP contribution in [-0.4, -0.2) is 22.3 Å². The normalized spacial score (nSPS) is 12.5. The first-order valence-electron chi connectivity index (χ1n) is 9.00. The van der Waals surface area contributed by atoms with Gasteiger partial charge < -0.3 is 14.6 Å². The second kappa shape index (κ2) is 7.25. The summed E-state index contributed by atoms with van der Waals surface area (Å²) in [7, 11) is 0. The van der Waals surface area contributed by atoms with E-state index < -0.39 is 12.1 Å². The summed E-state index contributed by atoms with van der Waals surface area (Å²) >= 11 is 0. The molecule has 4 aromatic rings. The monoisotopic (exact) mass is 360 g/mol. The molecule has 4 nitrogen and oxygen atoms in total. The molecule has 1 atom stereocenters. The van der Waals surface area contributed by atoms with Crippen LogP contribution in [0.2, 0.25) is 0 Å². The van der Waals surface area contributed by atoms with E-state index in [9.17, 15) is 9.90 Å². The quantitative estimate of drug-likeness (QED) is 0.506. The van der Waals surface area contributed by atoms with Gasteiger partial charge in [-0.2, -0.15) is 0 Å². The molecule has 3 aromatic carbocycles. The number of aliphatic hydroxyl groups is 1. The van der Waals surface area contributed by atoms with Crippen LogP contribution >= 0.6 is 0 Å². The Morgan fingerprint density at radius 1 is 0.889 bits per heavy atom. The van der Waals surface area contributed by atoms with E-state index in [0.717, 1.165) is 38.6 Å². The van der Waals surface area contributed by atoms with Crippen molar-refractivity contribution in [3.05, 3.63) is 72.3 Å². The number of carboxylic acid groups (broad SMARTS) is 1. The molecule has 2 N–H and O–H groups in total. The SMILES string of the molecule is O=C(O)CC(O)CCc1ccc(-c2ccc3c(c2)oc2ccccc23)cc1. The molecule has 0 bridgehead atoms. The van der Waals surface area contributed by atoms with Crippen LogP contribution in [0.25, 0.3) is 33.1 Å². The Balaban J connectivity index is 1.53. The summed E-state index contributed by atoms with van der Waals surface area (Å²) in [6, 6.07) is 22.4.